The molecule has 1 N–H and O–H groups in total. The van der Waals surface area contributed by atoms with Crippen molar-refractivity contribution in [2.45, 2.75) is 12.6 Å². The number of ether oxygens (including phenoxy) is 1. The predicted molar refractivity (Wildman–Crippen MR) is 112 cm³/mol. The van der Waals surface area contributed by atoms with Crippen LogP contribution in [0.15, 0.2) is 78.3 Å². The smallest absolute Gasteiger partial charge is 0.349 e. The lowest BCUT2D eigenvalue weighted by atomic mass is 10.1. The first-order valence-electron chi connectivity index (χ1n) is 9.21. The fraction of sp³-hybridized carbons (Fsp3) is 0.0870. The van der Waals surface area contributed by atoms with Crippen molar-refractivity contribution < 1.29 is 18.7 Å². The van der Waals surface area contributed by atoms with Gasteiger partial charge in [-0.1, -0.05) is 30.3 Å². The highest BCUT2D eigenvalue weighted by Crippen LogP contribution is 2.24. The van der Waals surface area contributed by atoms with Gasteiger partial charge in [0.05, 0.1) is 5.52 Å². The van der Waals surface area contributed by atoms with Crippen molar-refractivity contribution in [2.75, 3.05) is 0 Å². The van der Waals surface area contributed by atoms with Gasteiger partial charge >= 0.3 is 5.97 Å². The first-order chi connectivity index (χ1) is 14.6. The van der Waals surface area contributed by atoms with Crippen LogP contribution < -0.4 is 5.32 Å². The van der Waals surface area contributed by atoms with Gasteiger partial charge in [-0.2, -0.15) is 0 Å². The predicted octanol–water partition coefficient (Wildman–Crippen LogP) is 4.65. The first-order valence-corrected chi connectivity index (χ1v) is 10.1. The van der Waals surface area contributed by atoms with E-state index >= 15 is 0 Å². The van der Waals surface area contributed by atoms with Crippen LogP contribution in [-0.4, -0.2) is 16.9 Å². The van der Waals surface area contributed by atoms with E-state index in [2.05, 4.69) is 10.3 Å². The Balaban J connectivity index is 1.58. The summed E-state index contributed by atoms with van der Waals surface area (Å²) in [6.07, 6.45) is 0.552. The zero-order valence-corrected chi connectivity index (χ0v) is 16.6. The number of fused-ring (bicyclic) bond motifs is 1. The summed E-state index contributed by atoms with van der Waals surface area (Å²) in [6, 6.07) is 18.2. The Bertz CT molecular complexity index is 1180. The quantitative estimate of drug-likeness (QED) is 0.461. The lowest BCUT2D eigenvalue weighted by Crippen LogP contribution is -2.31. The molecule has 0 saturated heterocycles. The van der Waals surface area contributed by atoms with Crippen molar-refractivity contribution in [1.82, 2.24) is 10.3 Å². The fourth-order valence-electron chi connectivity index (χ4n) is 2.97. The fourth-order valence-corrected chi connectivity index (χ4v) is 3.58. The zero-order valence-electron chi connectivity index (χ0n) is 15.7. The van der Waals surface area contributed by atoms with Gasteiger partial charge in [-0.05, 0) is 47.3 Å². The highest BCUT2D eigenvalue weighted by Gasteiger charge is 2.26. The van der Waals surface area contributed by atoms with Crippen LogP contribution in [0.4, 0.5) is 4.39 Å². The minimum absolute atomic E-state index is 0.182. The Morgan fingerprint density at radius 1 is 1.07 bits per heavy atom. The molecule has 30 heavy (non-hydrogen) atoms. The third kappa shape index (κ3) is 4.52. The number of thiophene rings is 1. The van der Waals surface area contributed by atoms with E-state index in [1.54, 1.807) is 60.1 Å². The van der Waals surface area contributed by atoms with E-state index in [9.17, 15) is 14.0 Å². The molecule has 0 bridgehead atoms. The van der Waals surface area contributed by atoms with Gasteiger partial charge in [0.2, 0.25) is 6.10 Å². The molecule has 4 rings (SSSR count). The summed E-state index contributed by atoms with van der Waals surface area (Å²) in [7, 11) is 0. The maximum Gasteiger partial charge on any atom is 0.349 e. The van der Waals surface area contributed by atoms with Crippen LogP contribution in [-0.2, 0) is 16.1 Å². The summed E-state index contributed by atoms with van der Waals surface area (Å²) in [5.41, 5.74) is 2.05. The number of pyridine rings is 1. The average molecular weight is 420 g/mol. The number of aromatic nitrogens is 1. The number of nitrogens with zero attached hydrogens (tertiary/aromatic N) is 1. The number of nitrogens with one attached hydrogen (secondary N) is 1. The number of halogens is 1. The molecule has 0 aliphatic heterocycles. The SMILES string of the molecule is O=C(O[C@H](C(=O)NCc1ccc(F)cc1)c1ccc2ncccc2c1)c1cccs1. The summed E-state index contributed by atoms with van der Waals surface area (Å²) in [6.45, 7) is 0.182. The highest BCUT2D eigenvalue weighted by molar-refractivity contribution is 7.11. The van der Waals surface area contributed by atoms with Crippen molar-refractivity contribution in [2.24, 2.45) is 0 Å². The molecule has 0 radical (unpaired) electrons. The molecule has 2 heterocycles. The molecule has 7 heteroatoms. The second kappa shape index (κ2) is 8.84. The molecule has 2 aromatic heterocycles. The average Bonchev–Trinajstić information content (AvgIpc) is 3.31. The first kappa shape index (κ1) is 19.7. The lowest BCUT2D eigenvalue weighted by molar-refractivity contribution is -0.130. The summed E-state index contributed by atoms with van der Waals surface area (Å²) in [5, 5.41) is 5.36. The van der Waals surface area contributed by atoms with E-state index in [-0.39, 0.29) is 12.4 Å². The van der Waals surface area contributed by atoms with Crippen LogP contribution in [0.5, 0.6) is 0 Å². The van der Waals surface area contributed by atoms with Crippen molar-refractivity contribution in [3.8, 4) is 0 Å². The number of carbonyl (C=O) groups is 2. The molecule has 1 atom stereocenters. The molecule has 0 fully saturated rings. The number of hydrogen-bond acceptors (Lipinski definition) is 5. The van der Waals surface area contributed by atoms with Crippen molar-refractivity contribution in [3.05, 3.63) is 100 Å². The summed E-state index contributed by atoms with van der Waals surface area (Å²) in [4.78, 5) is 30.2. The Labute approximate surface area is 176 Å². The van der Waals surface area contributed by atoms with E-state index in [0.717, 1.165) is 16.5 Å². The number of hydrogen-bond donors (Lipinski definition) is 1. The second-order valence-corrected chi connectivity index (χ2v) is 7.51. The summed E-state index contributed by atoms with van der Waals surface area (Å²) < 4.78 is 18.7. The normalized spacial score (nSPS) is 11.8. The molecule has 0 aliphatic carbocycles. The Morgan fingerprint density at radius 2 is 1.90 bits per heavy atom. The molecule has 0 aliphatic rings. The highest BCUT2D eigenvalue weighted by atomic mass is 32.1. The Hall–Kier alpha value is -3.58. The minimum Gasteiger partial charge on any atom is -0.443 e. The van der Waals surface area contributed by atoms with E-state index < -0.39 is 18.0 Å². The molecule has 4 aromatic rings. The van der Waals surface area contributed by atoms with Gasteiger partial charge < -0.3 is 10.1 Å². The molecule has 0 spiro atoms. The van der Waals surface area contributed by atoms with E-state index in [1.807, 2.05) is 6.07 Å². The Kier molecular flexibility index (Phi) is 5.81. The lowest BCUT2D eigenvalue weighted by Gasteiger charge is -2.18. The van der Waals surface area contributed by atoms with Crippen molar-refractivity contribution in [3.63, 3.8) is 0 Å². The van der Waals surface area contributed by atoms with Crippen molar-refractivity contribution in [1.29, 1.82) is 0 Å². The largest absolute Gasteiger partial charge is 0.443 e. The zero-order chi connectivity index (χ0) is 20.9. The molecule has 2 aromatic carbocycles. The summed E-state index contributed by atoms with van der Waals surface area (Å²) in [5.74, 6) is -1.39. The number of esters is 1. The third-order valence-electron chi connectivity index (χ3n) is 4.50. The molecule has 0 saturated carbocycles. The Morgan fingerprint density at radius 3 is 2.67 bits per heavy atom. The molecule has 5 nitrogen and oxygen atoms in total. The van der Waals surface area contributed by atoms with E-state index in [1.165, 1.54) is 23.5 Å². The minimum atomic E-state index is -1.13. The van der Waals surface area contributed by atoms with E-state index in [4.69, 9.17) is 4.74 Å². The van der Waals surface area contributed by atoms with Gasteiger partial charge in [0, 0.05) is 23.7 Å². The second-order valence-electron chi connectivity index (χ2n) is 6.56. The molecule has 0 unspecified atom stereocenters. The van der Waals surface area contributed by atoms with Gasteiger partial charge in [-0.25, -0.2) is 9.18 Å². The molecular weight excluding hydrogens is 403 g/mol. The standard InChI is InChI=1S/C23H17FN2O3S/c24-18-8-5-15(6-9-18)14-26-22(27)21(29-23(28)20-4-2-12-30-20)17-7-10-19-16(13-17)3-1-11-25-19/h1-13,21H,14H2,(H,26,27)/t21-/m0/s1. The topological polar surface area (TPSA) is 68.3 Å². The van der Waals surface area contributed by atoms with Crippen LogP contribution in [0, 0.1) is 5.82 Å². The van der Waals surface area contributed by atoms with E-state index in [0.29, 0.717) is 10.4 Å². The van der Waals surface area contributed by atoms with Gasteiger partial charge in [-0.15, -0.1) is 11.3 Å². The van der Waals surface area contributed by atoms with Gasteiger partial charge in [0.25, 0.3) is 5.91 Å². The number of amides is 1. The van der Waals surface area contributed by atoms with Gasteiger partial charge in [0.1, 0.15) is 10.7 Å². The van der Waals surface area contributed by atoms with Crippen LogP contribution >= 0.6 is 11.3 Å². The van der Waals surface area contributed by atoms with Gasteiger partial charge in [0.15, 0.2) is 0 Å². The summed E-state index contributed by atoms with van der Waals surface area (Å²) >= 11 is 1.24. The van der Waals surface area contributed by atoms with Crippen LogP contribution in [0.25, 0.3) is 10.9 Å². The molecule has 150 valence electrons. The van der Waals surface area contributed by atoms with Crippen LogP contribution in [0.1, 0.15) is 26.9 Å². The number of carbonyl (C=O) groups excluding carboxylic acids is 2. The van der Waals surface area contributed by atoms with Crippen molar-refractivity contribution >= 4 is 34.1 Å². The van der Waals surface area contributed by atoms with Crippen LogP contribution in [0.3, 0.4) is 0 Å². The maximum absolute atomic E-state index is 13.1. The monoisotopic (exact) mass is 420 g/mol. The third-order valence-corrected chi connectivity index (χ3v) is 5.35. The number of benzene rings is 2. The maximum atomic E-state index is 13.1. The van der Waals surface area contributed by atoms with Crippen LogP contribution in [0.2, 0.25) is 0 Å². The number of rotatable bonds is 6. The molecule has 1 amide bonds. The van der Waals surface area contributed by atoms with Gasteiger partial charge in [-0.3, -0.25) is 9.78 Å². The molecular formula is C23H17FN2O3S.